The first-order valence-electron chi connectivity index (χ1n) is 8.62. The van der Waals surface area contributed by atoms with Gasteiger partial charge in [-0.15, -0.1) is 0 Å². The maximum atomic E-state index is 12.8. The van der Waals surface area contributed by atoms with Gasteiger partial charge >= 0.3 is 0 Å². The molecule has 2 aromatic carbocycles. The lowest BCUT2D eigenvalue weighted by Crippen LogP contribution is -2.37. The average molecular weight is 369 g/mol. The summed E-state index contributed by atoms with van der Waals surface area (Å²) in [5, 5.41) is 0.748. The average Bonchev–Trinajstić information content (AvgIpc) is 3.06. The third-order valence-corrected chi connectivity index (χ3v) is 4.97. The molecule has 0 fully saturated rings. The normalized spacial score (nSPS) is 11.0. The number of fused-ring (bicyclic) bond motifs is 1. The van der Waals surface area contributed by atoms with E-state index in [-0.39, 0.29) is 5.91 Å². The first kappa shape index (κ1) is 18.4. The molecule has 1 aromatic heterocycles. The summed E-state index contributed by atoms with van der Waals surface area (Å²) < 4.78 is 6.76. The molecule has 0 atom stereocenters. The number of rotatable bonds is 8. The number of carbonyl (C=O) groups is 1. The highest BCUT2D eigenvalue weighted by Gasteiger charge is 2.19. The van der Waals surface area contributed by atoms with Crippen LogP contribution in [0.25, 0.3) is 10.2 Å². The fourth-order valence-corrected chi connectivity index (χ4v) is 3.52. The molecule has 1 heterocycles. The van der Waals surface area contributed by atoms with Crippen LogP contribution in [-0.4, -0.2) is 49.6 Å². The number of benzene rings is 2. The summed E-state index contributed by atoms with van der Waals surface area (Å²) in [5.41, 5.74) is 0.927. The molecule has 0 aliphatic heterocycles. The summed E-state index contributed by atoms with van der Waals surface area (Å²) in [6.07, 6.45) is 0.318. The van der Waals surface area contributed by atoms with E-state index in [0.717, 1.165) is 27.6 Å². The fraction of sp³-hybridized carbons (Fsp3) is 0.300. The van der Waals surface area contributed by atoms with E-state index in [1.807, 2.05) is 68.7 Å². The second-order valence-electron chi connectivity index (χ2n) is 6.22. The molecule has 3 rings (SSSR count). The smallest absolute Gasteiger partial charge is 0.232 e. The van der Waals surface area contributed by atoms with Gasteiger partial charge in [-0.2, -0.15) is 0 Å². The lowest BCUT2D eigenvalue weighted by molar-refractivity contribution is -0.119. The Balaban J connectivity index is 1.69. The van der Waals surface area contributed by atoms with Crippen molar-refractivity contribution >= 4 is 32.6 Å². The summed E-state index contributed by atoms with van der Waals surface area (Å²) in [6.45, 7) is 1.74. The van der Waals surface area contributed by atoms with Crippen LogP contribution in [0.4, 0.5) is 5.13 Å². The van der Waals surface area contributed by atoms with E-state index in [4.69, 9.17) is 4.74 Å². The lowest BCUT2D eigenvalue weighted by atomic mass is 10.3. The molecule has 0 unspecified atom stereocenters. The van der Waals surface area contributed by atoms with Gasteiger partial charge in [-0.3, -0.25) is 9.69 Å². The van der Waals surface area contributed by atoms with Gasteiger partial charge in [-0.1, -0.05) is 41.7 Å². The molecule has 1 amide bonds. The Hall–Kier alpha value is -2.44. The molecule has 0 bridgehead atoms. The Bertz CT molecular complexity index is 815. The number of hydrogen-bond acceptors (Lipinski definition) is 5. The minimum Gasteiger partial charge on any atom is -0.493 e. The van der Waals surface area contributed by atoms with Gasteiger partial charge in [0.15, 0.2) is 5.13 Å². The summed E-state index contributed by atoms with van der Waals surface area (Å²) >= 11 is 1.55. The van der Waals surface area contributed by atoms with Crippen LogP contribution in [0.2, 0.25) is 0 Å². The standard InChI is InChI=1S/C20H23N3O2S/c1-22(2)13-14-23(20-21-17-10-6-7-11-18(17)26-20)19(24)12-15-25-16-8-4-3-5-9-16/h3-11H,12-15H2,1-2H3. The number of hydrogen-bond donors (Lipinski definition) is 0. The van der Waals surface area contributed by atoms with Crippen molar-refractivity contribution < 1.29 is 9.53 Å². The fourth-order valence-electron chi connectivity index (χ4n) is 2.51. The Morgan fingerprint density at radius 3 is 2.50 bits per heavy atom. The number of ether oxygens (including phenoxy) is 1. The summed E-state index contributed by atoms with van der Waals surface area (Å²) in [6, 6.07) is 17.5. The van der Waals surface area contributed by atoms with Gasteiger partial charge in [0.2, 0.25) is 5.91 Å². The van der Waals surface area contributed by atoms with Gasteiger partial charge in [0, 0.05) is 13.1 Å². The van der Waals surface area contributed by atoms with Crippen molar-refractivity contribution in [1.82, 2.24) is 9.88 Å². The van der Waals surface area contributed by atoms with Gasteiger partial charge in [-0.05, 0) is 38.4 Å². The number of nitrogens with zero attached hydrogens (tertiary/aromatic N) is 3. The first-order chi connectivity index (χ1) is 12.6. The number of amides is 1. The van der Waals surface area contributed by atoms with E-state index >= 15 is 0 Å². The highest BCUT2D eigenvalue weighted by molar-refractivity contribution is 7.22. The predicted molar refractivity (Wildman–Crippen MR) is 107 cm³/mol. The SMILES string of the molecule is CN(C)CCN(C(=O)CCOc1ccccc1)c1nc2ccccc2s1. The van der Waals surface area contributed by atoms with Crippen LogP contribution in [0.15, 0.2) is 54.6 Å². The van der Waals surface area contributed by atoms with Gasteiger partial charge < -0.3 is 9.64 Å². The van der Waals surface area contributed by atoms with Crippen molar-refractivity contribution in [2.24, 2.45) is 0 Å². The Morgan fingerprint density at radius 1 is 1.04 bits per heavy atom. The summed E-state index contributed by atoms with van der Waals surface area (Å²) in [5.74, 6) is 0.807. The number of anilines is 1. The zero-order chi connectivity index (χ0) is 18.4. The van der Waals surface area contributed by atoms with Crippen molar-refractivity contribution in [3.8, 4) is 5.75 Å². The van der Waals surface area contributed by atoms with Crippen LogP contribution in [-0.2, 0) is 4.79 Å². The van der Waals surface area contributed by atoms with E-state index < -0.39 is 0 Å². The van der Waals surface area contributed by atoms with E-state index in [9.17, 15) is 4.79 Å². The van der Waals surface area contributed by atoms with Crippen molar-refractivity contribution in [3.05, 3.63) is 54.6 Å². The van der Waals surface area contributed by atoms with Crippen molar-refractivity contribution in [1.29, 1.82) is 0 Å². The molecule has 6 heteroatoms. The van der Waals surface area contributed by atoms with E-state index in [2.05, 4.69) is 9.88 Å². The molecule has 26 heavy (non-hydrogen) atoms. The minimum absolute atomic E-state index is 0.0295. The van der Waals surface area contributed by atoms with E-state index in [1.54, 1.807) is 16.2 Å². The Kier molecular flexibility index (Phi) is 6.20. The predicted octanol–water partition coefficient (Wildman–Crippen LogP) is 3.66. The van der Waals surface area contributed by atoms with E-state index in [1.165, 1.54) is 0 Å². The zero-order valence-electron chi connectivity index (χ0n) is 15.1. The van der Waals surface area contributed by atoms with Gasteiger partial charge in [0.1, 0.15) is 5.75 Å². The molecule has 0 spiro atoms. The second-order valence-corrected chi connectivity index (χ2v) is 7.23. The summed E-state index contributed by atoms with van der Waals surface area (Å²) in [7, 11) is 4.00. The highest BCUT2D eigenvalue weighted by Crippen LogP contribution is 2.29. The summed E-state index contributed by atoms with van der Waals surface area (Å²) in [4.78, 5) is 21.3. The first-order valence-corrected chi connectivity index (χ1v) is 9.43. The van der Waals surface area contributed by atoms with Gasteiger partial charge in [0.25, 0.3) is 0 Å². The molecule has 5 nitrogen and oxygen atoms in total. The van der Waals surface area contributed by atoms with Crippen LogP contribution in [0.1, 0.15) is 6.42 Å². The van der Waals surface area contributed by atoms with Crippen molar-refractivity contribution in [2.75, 3.05) is 38.7 Å². The van der Waals surface area contributed by atoms with Crippen LogP contribution in [0.3, 0.4) is 0 Å². The van der Waals surface area contributed by atoms with Gasteiger partial charge in [-0.25, -0.2) is 4.98 Å². The Morgan fingerprint density at radius 2 is 1.77 bits per heavy atom. The number of likely N-dealkylation sites (N-methyl/N-ethyl adjacent to an activating group) is 1. The van der Waals surface area contributed by atoms with Crippen LogP contribution < -0.4 is 9.64 Å². The molecule has 3 aromatic rings. The minimum atomic E-state index is 0.0295. The van der Waals surface area contributed by atoms with Gasteiger partial charge in [0.05, 0.1) is 23.2 Å². The molecule has 0 radical (unpaired) electrons. The molecule has 0 N–H and O–H groups in total. The van der Waals surface area contributed by atoms with Crippen LogP contribution in [0, 0.1) is 0 Å². The third-order valence-electron chi connectivity index (χ3n) is 3.91. The maximum absolute atomic E-state index is 12.8. The number of aromatic nitrogens is 1. The molecule has 0 saturated carbocycles. The molecule has 0 saturated heterocycles. The number of para-hydroxylation sites is 2. The topological polar surface area (TPSA) is 45.7 Å². The number of carbonyl (C=O) groups excluding carboxylic acids is 1. The van der Waals surface area contributed by atoms with Crippen LogP contribution >= 0.6 is 11.3 Å². The quantitative estimate of drug-likeness (QED) is 0.608. The van der Waals surface area contributed by atoms with Crippen molar-refractivity contribution in [3.63, 3.8) is 0 Å². The second kappa shape index (κ2) is 8.78. The van der Waals surface area contributed by atoms with E-state index in [0.29, 0.717) is 19.6 Å². The lowest BCUT2D eigenvalue weighted by Gasteiger charge is -2.22. The van der Waals surface area contributed by atoms with Crippen LogP contribution in [0.5, 0.6) is 5.75 Å². The number of thiazole rings is 1. The zero-order valence-corrected chi connectivity index (χ0v) is 15.9. The molecule has 0 aliphatic rings. The molecule has 136 valence electrons. The third kappa shape index (κ3) is 4.80. The molecule has 0 aliphatic carbocycles. The van der Waals surface area contributed by atoms with Crippen molar-refractivity contribution in [2.45, 2.75) is 6.42 Å². The monoisotopic (exact) mass is 369 g/mol. The molecular formula is C20H23N3O2S. The maximum Gasteiger partial charge on any atom is 0.232 e. The largest absolute Gasteiger partial charge is 0.493 e. The molecular weight excluding hydrogens is 346 g/mol. The Labute approximate surface area is 157 Å². The highest BCUT2D eigenvalue weighted by atomic mass is 32.1.